The molecule has 0 aliphatic heterocycles. The number of rotatable bonds is 7. The van der Waals surface area contributed by atoms with Crippen LogP contribution in [0.3, 0.4) is 0 Å². The summed E-state index contributed by atoms with van der Waals surface area (Å²) in [6.07, 6.45) is 1.98. The molecule has 1 saturated carbocycles. The summed E-state index contributed by atoms with van der Waals surface area (Å²) in [5.74, 6) is -0.145. The zero-order valence-corrected chi connectivity index (χ0v) is 15.7. The van der Waals surface area contributed by atoms with Crippen molar-refractivity contribution in [1.82, 2.24) is 9.37 Å². The fourth-order valence-corrected chi connectivity index (χ4v) is 4.25. The molecule has 0 spiro atoms. The lowest BCUT2D eigenvalue weighted by Gasteiger charge is -2.22. The van der Waals surface area contributed by atoms with Crippen LogP contribution >= 0.6 is 11.3 Å². The number of benzene rings is 1. The topological polar surface area (TPSA) is 66.9 Å². The number of nitrogens with zero attached hydrogens (tertiary/aromatic N) is 2. The van der Waals surface area contributed by atoms with Crippen molar-refractivity contribution in [1.29, 1.82) is 0 Å². The highest BCUT2D eigenvalue weighted by atomic mass is 32.2. The summed E-state index contributed by atoms with van der Waals surface area (Å²) in [4.78, 5) is 20.7. The molecule has 8 heteroatoms. The fraction of sp³-hybridized carbons (Fsp3) is 0.353. The third-order valence-electron chi connectivity index (χ3n) is 4.13. The van der Waals surface area contributed by atoms with Gasteiger partial charge in [-0.25, -0.2) is 8.42 Å². The molecule has 0 atom stereocenters. The molecular formula is C17H20N2O4S2. The van der Waals surface area contributed by atoms with E-state index in [-0.39, 0.29) is 16.8 Å². The van der Waals surface area contributed by atoms with E-state index in [0.29, 0.717) is 12.1 Å². The molecule has 1 aromatic heterocycles. The standard InChI is InChI=1S/C17H20N2O4S2/c1-18(23-2)25(21,22)16-7-3-5-13(11-16)17(20)19(14-8-9-14)12-15-6-4-10-24-15/h3-7,10-11,14H,8-9,12H2,1-2H3. The van der Waals surface area contributed by atoms with Crippen molar-refractivity contribution in [2.45, 2.75) is 30.3 Å². The first kappa shape index (κ1) is 18.1. The van der Waals surface area contributed by atoms with Gasteiger partial charge in [0.05, 0.1) is 18.6 Å². The van der Waals surface area contributed by atoms with Crippen molar-refractivity contribution < 1.29 is 18.0 Å². The SMILES string of the molecule is CON(C)S(=O)(=O)c1cccc(C(=O)N(Cc2cccs2)C2CC2)c1. The third kappa shape index (κ3) is 3.92. The first-order valence-electron chi connectivity index (χ1n) is 7.90. The Balaban J connectivity index is 1.87. The van der Waals surface area contributed by atoms with Gasteiger partial charge in [-0.3, -0.25) is 9.63 Å². The highest BCUT2D eigenvalue weighted by Crippen LogP contribution is 2.31. The Morgan fingerprint density at radius 2 is 2.04 bits per heavy atom. The highest BCUT2D eigenvalue weighted by Gasteiger charge is 2.33. The molecule has 0 saturated heterocycles. The molecule has 1 aliphatic rings. The first-order valence-corrected chi connectivity index (χ1v) is 10.2. The van der Waals surface area contributed by atoms with Gasteiger partial charge in [0.25, 0.3) is 15.9 Å². The van der Waals surface area contributed by atoms with Crippen LogP contribution < -0.4 is 0 Å². The van der Waals surface area contributed by atoms with Crippen LogP contribution in [-0.2, 0) is 21.4 Å². The number of thiophene rings is 1. The zero-order valence-electron chi connectivity index (χ0n) is 14.1. The number of carbonyl (C=O) groups excluding carboxylic acids is 1. The van der Waals surface area contributed by atoms with Crippen LogP contribution in [0.2, 0.25) is 0 Å². The number of carbonyl (C=O) groups is 1. The number of hydroxylamine groups is 1. The smallest absolute Gasteiger partial charge is 0.264 e. The van der Waals surface area contributed by atoms with Gasteiger partial charge >= 0.3 is 0 Å². The van der Waals surface area contributed by atoms with Gasteiger partial charge in [0.1, 0.15) is 0 Å². The summed E-state index contributed by atoms with van der Waals surface area (Å²) in [5.41, 5.74) is 0.369. The van der Waals surface area contributed by atoms with Gasteiger partial charge in [-0.2, -0.15) is 0 Å². The molecule has 0 N–H and O–H groups in total. The van der Waals surface area contributed by atoms with Gasteiger partial charge in [0.2, 0.25) is 0 Å². The molecule has 25 heavy (non-hydrogen) atoms. The number of hydrogen-bond donors (Lipinski definition) is 0. The van der Waals surface area contributed by atoms with Gasteiger partial charge in [0.15, 0.2) is 0 Å². The van der Waals surface area contributed by atoms with Gasteiger partial charge < -0.3 is 4.90 Å². The molecule has 0 bridgehead atoms. The average Bonchev–Trinajstić information content (AvgIpc) is 3.34. The summed E-state index contributed by atoms with van der Waals surface area (Å²) >= 11 is 1.61. The first-order chi connectivity index (χ1) is 11.9. The van der Waals surface area contributed by atoms with Crippen LogP contribution in [0.15, 0.2) is 46.7 Å². The predicted octanol–water partition coefficient (Wildman–Crippen LogP) is 2.73. The minimum absolute atomic E-state index is 0.0366. The van der Waals surface area contributed by atoms with Crippen molar-refractivity contribution in [2.75, 3.05) is 14.2 Å². The molecule has 1 amide bonds. The molecule has 0 unspecified atom stereocenters. The molecule has 1 aromatic carbocycles. The van der Waals surface area contributed by atoms with E-state index in [9.17, 15) is 13.2 Å². The summed E-state index contributed by atoms with van der Waals surface area (Å²) in [5, 5.41) is 1.98. The molecule has 2 aromatic rings. The van der Waals surface area contributed by atoms with E-state index in [2.05, 4.69) is 0 Å². The lowest BCUT2D eigenvalue weighted by Crippen LogP contribution is -2.32. The average molecular weight is 380 g/mol. The Morgan fingerprint density at radius 1 is 1.28 bits per heavy atom. The van der Waals surface area contributed by atoms with Crippen molar-refractivity contribution in [3.8, 4) is 0 Å². The van der Waals surface area contributed by atoms with Crippen molar-refractivity contribution in [3.63, 3.8) is 0 Å². The largest absolute Gasteiger partial charge is 0.331 e. The van der Waals surface area contributed by atoms with Crippen molar-refractivity contribution in [2.24, 2.45) is 0 Å². The monoisotopic (exact) mass is 380 g/mol. The maximum atomic E-state index is 13.0. The maximum absolute atomic E-state index is 13.0. The third-order valence-corrected chi connectivity index (χ3v) is 6.67. The molecular weight excluding hydrogens is 360 g/mol. The van der Waals surface area contributed by atoms with E-state index in [1.54, 1.807) is 23.5 Å². The maximum Gasteiger partial charge on any atom is 0.264 e. The Hall–Kier alpha value is -1.74. The summed E-state index contributed by atoms with van der Waals surface area (Å²) in [6, 6.07) is 10.3. The van der Waals surface area contributed by atoms with E-state index in [1.807, 2.05) is 22.4 Å². The zero-order chi connectivity index (χ0) is 18.0. The second-order valence-electron chi connectivity index (χ2n) is 5.87. The Labute approximate surface area is 151 Å². The number of hydrogen-bond acceptors (Lipinski definition) is 5. The Morgan fingerprint density at radius 3 is 2.64 bits per heavy atom. The van der Waals surface area contributed by atoms with Crippen molar-refractivity contribution in [3.05, 3.63) is 52.2 Å². The molecule has 1 aliphatic carbocycles. The van der Waals surface area contributed by atoms with E-state index in [4.69, 9.17) is 4.84 Å². The highest BCUT2D eigenvalue weighted by molar-refractivity contribution is 7.89. The second-order valence-corrected chi connectivity index (χ2v) is 8.84. The molecule has 6 nitrogen and oxygen atoms in total. The fourth-order valence-electron chi connectivity index (χ4n) is 2.53. The Bertz CT molecular complexity index is 845. The van der Waals surface area contributed by atoms with E-state index in [0.717, 1.165) is 22.2 Å². The summed E-state index contributed by atoms with van der Waals surface area (Å²) in [7, 11) is -1.19. The van der Waals surface area contributed by atoms with Gasteiger partial charge in [-0.15, -0.1) is 11.3 Å². The van der Waals surface area contributed by atoms with Gasteiger partial charge in [-0.1, -0.05) is 16.6 Å². The lowest BCUT2D eigenvalue weighted by atomic mass is 10.2. The van der Waals surface area contributed by atoms with E-state index in [1.165, 1.54) is 26.3 Å². The number of amides is 1. The predicted molar refractivity (Wildman–Crippen MR) is 95.6 cm³/mol. The van der Waals surface area contributed by atoms with Crippen LogP contribution in [-0.4, -0.2) is 43.9 Å². The quantitative estimate of drug-likeness (QED) is 0.693. The minimum Gasteiger partial charge on any atom is -0.331 e. The minimum atomic E-state index is -3.78. The van der Waals surface area contributed by atoms with Crippen LogP contribution in [0.4, 0.5) is 0 Å². The Kier molecular flexibility index (Phi) is 5.24. The lowest BCUT2D eigenvalue weighted by molar-refractivity contribution is -0.0258. The van der Waals surface area contributed by atoms with Crippen LogP contribution in [0.5, 0.6) is 0 Å². The number of sulfonamides is 1. The van der Waals surface area contributed by atoms with E-state index < -0.39 is 10.0 Å². The van der Waals surface area contributed by atoms with Crippen LogP contribution in [0, 0.1) is 0 Å². The normalized spacial score (nSPS) is 14.7. The summed E-state index contributed by atoms with van der Waals surface area (Å²) < 4.78 is 25.6. The second kappa shape index (κ2) is 7.25. The van der Waals surface area contributed by atoms with E-state index >= 15 is 0 Å². The molecule has 3 rings (SSSR count). The van der Waals surface area contributed by atoms with Crippen LogP contribution in [0.25, 0.3) is 0 Å². The van der Waals surface area contributed by atoms with Gasteiger partial charge in [0, 0.05) is 23.5 Å². The molecule has 134 valence electrons. The molecule has 1 fully saturated rings. The van der Waals surface area contributed by atoms with Crippen molar-refractivity contribution >= 4 is 27.3 Å². The summed E-state index contributed by atoms with van der Waals surface area (Å²) in [6.45, 7) is 0.552. The van der Waals surface area contributed by atoms with Gasteiger partial charge in [-0.05, 0) is 42.5 Å². The molecule has 0 radical (unpaired) electrons. The molecule has 1 heterocycles. The van der Waals surface area contributed by atoms with Crippen LogP contribution in [0.1, 0.15) is 28.1 Å².